The normalized spacial score (nSPS) is 14.5. The molecule has 0 unspecified atom stereocenters. The van der Waals surface area contributed by atoms with Gasteiger partial charge in [-0.25, -0.2) is 0 Å². The van der Waals surface area contributed by atoms with Crippen LogP contribution in [0.3, 0.4) is 0 Å². The molecule has 1 N–H and O–H groups in total. The van der Waals surface area contributed by atoms with Gasteiger partial charge in [-0.15, -0.1) is 0 Å². The number of carbonyl (C=O) groups excluding carboxylic acids is 1. The van der Waals surface area contributed by atoms with E-state index in [1.54, 1.807) is 11.3 Å². The fourth-order valence-electron chi connectivity index (χ4n) is 3.89. The summed E-state index contributed by atoms with van der Waals surface area (Å²) >= 11 is 7.66. The first kappa shape index (κ1) is 21.9. The van der Waals surface area contributed by atoms with E-state index in [-0.39, 0.29) is 5.91 Å². The van der Waals surface area contributed by atoms with E-state index in [4.69, 9.17) is 11.6 Å². The fourth-order valence-corrected chi connectivity index (χ4v) is 4.68. The number of benzene rings is 2. The predicted molar refractivity (Wildman–Crippen MR) is 131 cm³/mol. The number of hydrogen-bond donors (Lipinski definition) is 1. The van der Waals surface area contributed by atoms with Gasteiger partial charge in [-0.2, -0.15) is 11.3 Å². The number of thiophene rings is 1. The lowest BCUT2D eigenvalue weighted by molar-refractivity contribution is 0.0952. The van der Waals surface area contributed by atoms with Crippen LogP contribution in [0.5, 0.6) is 0 Å². The minimum Gasteiger partial charge on any atom is -0.369 e. The molecule has 4 nitrogen and oxygen atoms in total. The maximum Gasteiger partial charge on any atom is 0.251 e. The zero-order chi connectivity index (χ0) is 21.5. The van der Waals surface area contributed by atoms with E-state index in [0.29, 0.717) is 0 Å². The molecule has 0 radical (unpaired) electrons. The number of piperazine rings is 1. The van der Waals surface area contributed by atoms with Crippen LogP contribution in [0.1, 0.15) is 23.2 Å². The van der Waals surface area contributed by atoms with Gasteiger partial charge < -0.3 is 10.2 Å². The first-order valence-electron chi connectivity index (χ1n) is 10.8. The average Bonchev–Trinajstić information content (AvgIpc) is 3.35. The van der Waals surface area contributed by atoms with Crippen LogP contribution >= 0.6 is 22.9 Å². The van der Waals surface area contributed by atoms with Gasteiger partial charge in [0.05, 0.1) is 0 Å². The van der Waals surface area contributed by atoms with Gasteiger partial charge >= 0.3 is 0 Å². The Kier molecular flexibility index (Phi) is 7.62. The molecule has 0 aliphatic carbocycles. The van der Waals surface area contributed by atoms with Crippen molar-refractivity contribution in [1.29, 1.82) is 0 Å². The topological polar surface area (TPSA) is 35.6 Å². The number of nitrogens with one attached hydrogen (secondary N) is 1. The highest BCUT2D eigenvalue weighted by Crippen LogP contribution is 2.22. The Morgan fingerprint density at radius 1 is 0.903 bits per heavy atom. The molecule has 1 aliphatic rings. The smallest absolute Gasteiger partial charge is 0.251 e. The van der Waals surface area contributed by atoms with E-state index in [9.17, 15) is 4.79 Å². The first-order chi connectivity index (χ1) is 15.2. The summed E-state index contributed by atoms with van der Waals surface area (Å²) in [6, 6.07) is 18.0. The predicted octanol–water partition coefficient (Wildman–Crippen LogP) is 5.40. The zero-order valence-corrected chi connectivity index (χ0v) is 19.2. The van der Waals surface area contributed by atoms with E-state index >= 15 is 0 Å². The molecule has 2 heterocycles. The maximum absolute atomic E-state index is 12.4. The molecule has 1 aromatic heterocycles. The van der Waals surface area contributed by atoms with Crippen molar-refractivity contribution in [3.05, 3.63) is 75.9 Å². The lowest BCUT2D eigenvalue weighted by atomic mass is 10.1. The summed E-state index contributed by atoms with van der Waals surface area (Å²) in [7, 11) is 0. The maximum atomic E-state index is 12.4. The number of anilines is 1. The van der Waals surface area contributed by atoms with Crippen LogP contribution in [0.2, 0.25) is 5.02 Å². The third kappa shape index (κ3) is 6.10. The number of amides is 1. The second kappa shape index (κ2) is 10.8. The van der Waals surface area contributed by atoms with Crippen molar-refractivity contribution in [3.8, 4) is 11.1 Å². The molecule has 0 bridgehead atoms. The van der Waals surface area contributed by atoms with Gasteiger partial charge in [0.25, 0.3) is 5.91 Å². The summed E-state index contributed by atoms with van der Waals surface area (Å²) in [5, 5.41) is 8.01. The van der Waals surface area contributed by atoms with Crippen LogP contribution in [0.25, 0.3) is 11.1 Å². The summed E-state index contributed by atoms with van der Waals surface area (Å²) in [6.45, 7) is 6.03. The Morgan fingerprint density at radius 3 is 2.32 bits per heavy atom. The van der Waals surface area contributed by atoms with Crippen LogP contribution in [0, 0.1) is 0 Å². The standard InChI is InChI=1S/C25H28ClN3OS/c26-23-7-9-24(10-8-23)29-16-14-28(15-17-29)13-2-1-12-27-25(30)21-5-3-20(4-6-21)22-11-18-31-19-22/h3-11,18-19H,1-2,12-17H2,(H,27,30). The Balaban J connectivity index is 1.12. The van der Waals surface area contributed by atoms with Crippen molar-refractivity contribution in [1.82, 2.24) is 10.2 Å². The SMILES string of the molecule is O=C(NCCCCN1CCN(c2ccc(Cl)cc2)CC1)c1ccc(-c2ccsc2)cc1. The number of hydrogen-bond acceptors (Lipinski definition) is 4. The highest BCUT2D eigenvalue weighted by Gasteiger charge is 2.16. The summed E-state index contributed by atoms with van der Waals surface area (Å²) in [6.07, 6.45) is 2.09. The molecule has 1 amide bonds. The van der Waals surface area contributed by atoms with Crippen molar-refractivity contribution >= 4 is 34.5 Å². The van der Waals surface area contributed by atoms with Crippen LogP contribution in [0.15, 0.2) is 65.4 Å². The quantitative estimate of drug-likeness (QED) is 0.464. The van der Waals surface area contributed by atoms with Gasteiger partial charge in [-0.05, 0) is 83.7 Å². The van der Waals surface area contributed by atoms with E-state index in [0.717, 1.165) is 68.3 Å². The number of nitrogens with zero attached hydrogens (tertiary/aromatic N) is 2. The van der Waals surface area contributed by atoms with Crippen molar-refractivity contribution in [2.75, 3.05) is 44.2 Å². The van der Waals surface area contributed by atoms with Gasteiger partial charge in [0.1, 0.15) is 0 Å². The molecule has 31 heavy (non-hydrogen) atoms. The van der Waals surface area contributed by atoms with Crippen LogP contribution in [0.4, 0.5) is 5.69 Å². The molecular weight excluding hydrogens is 426 g/mol. The summed E-state index contributed by atoms with van der Waals surface area (Å²) in [5.74, 6) is 0.00782. The van der Waals surface area contributed by atoms with Gasteiger partial charge in [0.2, 0.25) is 0 Å². The van der Waals surface area contributed by atoms with Gasteiger partial charge in [0, 0.05) is 49.0 Å². The Hall–Kier alpha value is -2.34. The minimum absolute atomic E-state index is 0.00782. The van der Waals surface area contributed by atoms with E-state index in [1.807, 2.05) is 36.4 Å². The first-order valence-corrected chi connectivity index (χ1v) is 12.1. The Bertz CT molecular complexity index is 949. The number of unbranched alkanes of at least 4 members (excludes halogenated alkanes) is 1. The molecule has 6 heteroatoms. The highest BCUT2D eigenvalue weighted by molar-refractivity contribution is 7.08. The van der Waals surface area contributed by atoms with Crippen molar-refractivity contribution in [2.24, 2.45) is 0 Å². The van der Waals surface area contributed by atoms with Crippen LogP contribution in [-0.2, 0) is 0 Å². The lowest BCUT2D eigenvalue weighted by Gasteiger charge is -2.36. The molecule has 0 saturated carbocycles. The zero-order valence-electron chi connectivity index (χ0n) is 17.6. The van der Waals surface area contributed by atoms with Crippen molar-refractivity contribution in [2.45, 2.75) is 12.8 Å². The molecule has 4 rings (SSSR count). The monoisotopic (exact) mass is 453 g/mol. The van der Waals surface area contributed by atoms with E-state index < -0.39 is 0 Å². The summed E-state index contributed by atoms with van der Waals surface area (Å²) < 4.78 is 0. The molecule has 1 aliphatic heterocycles. The third-order valence-electron chi connectivity index (χ3n) is 5.75. The summed E-state index contributed by atoms with van der Waals surface area (Å²) in [4.78, 5) is 17.3. The summed E-state index contributed by atoms with van der Waals surface area (Å²) in [5.41, 5.74) is 4.31. The largest absolute Gasteiger partial charge is 0.369 e. The highest BCUT2D eigenvalue weighted by atomic mass is 35.5. The van der Waals surface area contributed by atoms with Crippen LogP contribution < -0.4 is 10.2 Å². The van der Waals surface area contributed by atoms with Crippen molar-refractivity contribution < 1.29 is 4.79 Å². The number of halogens is 1. The van der Waals surface area contributed by atoms with Gasteiger partial charge in [0.15, 0.2) is 0 Å². The minimum atomic E-state index is 0.00782. The van der Waals surface area contributed by atoms with E-state index in [1.165, 1.54) is 11.3 Å². The Morgan fingerprint density at radius 2 is 1.65 bits per heavy atom. The lowest BCUT2D eigenvalue weighted by Crippen LogP contribution is -2.46. The van der Waals surface area contributed by atoms with Crippen molar-refractivity contribution in [3.63, 3.8) is 0 Å². The number of rotatable bonds is 8. The molecule has 1 saturated heterocycles. The molecular formula is C25H28ClN3OS. The average molecular weight is 454 g/mol. The molecule has 162 valence electrons. The fraction of sp³-hybridized carbons (Fsp3) is 0.320. The second-order valence-corrected chi connectivity index (χ2v) is 9.07. The van der Waals surface area contributed by atoms with Gasteiger partial charge in [-0.1, -0.05) is 23.7 Å². The van der Waals surface area contributed by atoms with Crippen LogP contribution in [-0.4, -0.2) is 50.1 Å². The molecule has 1 fully saturated rings. The Labute approximate surface area is 193 Å². The number of carbonyl (C=O) groups is 1. The second-order valence-electron chi connectivity index (χ2n) is 7.86. The molecule has 0 atom stereocenters. The molecule has 3 aromatic rings. The van der Waals surface area contributed by atoms with Gasteiger partial charge in [-0.3, -0.25) is 9.69 Å². The van der Waals surface area contributed by atoms with E-state index in [2.05, 4.69) is 44.1 Å². The third-order valence-corrected chi connectivity index (χ3v) is 6.69. The molecule has 2 aromatic carbocycles. The molecule has 0 spiro atoms.